The molecule has 0 saturated heterocycles. The highest BCUT2D eigenvalue weighted by Crippen LogP contribution is 2.23. The van der Waals surface area contributed by atoms with Crippen molar-refractivity contribution in [2.24, 2.45) is 0 Å². The average molecular weight is 312 g/mol. The number of amides is 1. The molecular formula is C12H10ClN3O5. The number of nitrogens with zero attached hydrogens (tertiary/aromatic N) is 2. The predicted octanol–water partition coefficient (Wildman–Crippen LogP) is 1.75. The molecule has 1 aromatic heterocycles. The van der Waals surface area contributed by atoms with Gasteiger partial charge in [-0.3, -0.25) is 10.1 Å². The van der Waals surface area contributed by atoms with Crippen molar-refractivity contribution in [1.29, 1.82) is 0 Å². The summed E-state index contributed by atoms with van der Waals surface area (Å²) in [6.07, 6.45) is 0. The third-order valence-corrected chi connectivity index (χ3v) is 2.54. The molecular weight excluding hydrogens is 302 g/mol. The van der Waals surface area contributed by atoms with E-state index in [1.54, 1.807) is 6.92 Å². The highest BCUT2D eigenvalue weighted by molar-refractivity contribution is 6.30. The number of hydrogen-bond donors (Lipinski definition) is 2. The largest absolute Gasteiger partial charge is 0.483 e. The fourth-order valence-corrected chi connectivity index (χ4v) is 1.60. The van der Waals surface area contributed by atoms with E-state index in [1.165, 1.54) is 18.2 Å². The van der Waals surface area contributed by atoms with Crippen LogP contribution in [0.2, 0.25) is 5.02 Å². The Kier molecular flexibility index (Phi) is 4.39. The van der Waals surface area contributed by atoms with E-state index in [0.29, 0.717) is 10.9 Å². The minimum atomic E-state index is -1.19. The molecule has 0 radical (unpaired) electrons. The highest BCUT2D eigenvalue weighted by atomic mass is 35.5. The SMILES string of the molecule is Cc1nnc(NC(=O)COc2cc(Cl)ccc2C(=O)O)o1. The van der Waals surface area contributed by atoms with Gasteiger partial charge in [0, 0.05) is 11.9 Å². The zero-order valence-corrected chi connectivity index (χ0v) is 11.5. The number of aromatic nitrogens is 2. The summed E-state index contributed by atoms with van der Waals surface area (Å²) in [5, 5.41) is 18.7. The van der Waals surface area contributed by atoms with E-state index in [9.17, 15) is 9.59 Å². The Labute approximate surface area is 123 Å². The quantitative estimate of drug-likeness (QED) is 0.864. The van der Waals surface area contributed by atoms with Gasteiger partial charge in [0.1, 0.15) is 11.3 Å². The summed E-state index contributed by atoms with van der Waals surface area (Å²) in [7, 11) is 0. The first-order valence-corrected chi connectivity index (χ1v) is 6.09. The molecule has 1 aromatic carbocycles. The van der Waals surface area contributed by atoms with E-state index in [-0.39, 0.29) is 17.3 Å². The van der Waals surface area contributed by atoms with E-state index < -0.39 is 18.5 Å². The number of benzene rings is 1. The monoisotopic (exact) mass is 311 g/mol. The Morgan fingerprint density at radius 3 is 2.81 bits per heavy atom. The Balaban J connectivity index is 2.00. The number of halogens is 1. The van der Waals surface area contributed by atoms with Gasteiger partial charge in [0.05, 0.1) is 0 Å². The zero-order valence-electron chi connectivity index (χ0n) is 10.8. The van der Waals surface area contributed by atoms with Gasteiger partial charge in [-0.05, 0) is 18.2 Å². The van der Waals surface area contributed by atoms with Crippen LogP contribution in [0.15, 0.2) is 22.6 Å². The molecule has 0 fully saturated rings. The molecule has 0 spiro atoms. The normalized spacial score (nSPS) is 10.2. The maximum absolute atomic E-state index is 11.6. The van der Waals surface area contributed by atoms with Crippen LogP contribution < -0.4 is 10.1 Å². The minimum Gasteiger partial charge on any atom is -0.483 e. The predicted molar refractivity (Wildman–Crippen MR) is 71.6 cm³/mol. The van der Waals surface area contributed by atoms with Crippen LogP contribution in [0.1, 0.15) is 16.2 Å². The number of carboxylic acids is 1. The van der Waals surface area contributed by atoms with Gasteiger partial charge in [-0.15, -0.1) is 5.10 Å². The van der Waals surface area contributed by atoms with Crippen molar-refractivity contribution in [2.75, 3.05) is 11.9 Å². The van der Waals surface area contributed by atoms with Gasteiger partial charge >= 0.3 is 12.0 Å². The number of aromatic carboxylic acids is 1. The Bertz CT molecular complexity index is 685. The Morgan fingerprint density at radius 1 is 1.43 bits per heavy atom. The molecule has 1 amide bonds. The second-order valence-electron chi connectivity index (χ2n) is 3.91. The first-order valence-electron chi connectivity index (χ1n) is 5.71. The van der Waals surface area contributed by atoms with Crippen LogP contribution in [0.3, 0.4) is 0 Å². The Hall–Kier alpha value is -2.61. The Morgan fingerprint density at radius 2 is 2.19 bits per heavy atom. The summed E-state index contributed by atoms with van der Waals surface area (Å²) >= 11 is 5.76. The minimum absolute atomic E-state index is 0.00754. The zero-order chi connectivity index (χ0) is 15.4. The van der Waals surface area contributed by atoms with Crippen LogP contribution in [0.25, 0.3) is 0 Å². The molecule has 0 unspecified atom stereocenters. The number of aryl methyl sites for hydroxylation is 1. The number of hydrogen-bond acceptors (Lipinski definition) is 6. The fourth-order valence-electron chi connectivity index (χ4n) is 1.44. The van der Waals surface area contributed by atoms with E-state index in [0.717, 1.165) is 0 Å². The van der Waals surface area contributed by atoms with Crippen LogP contribution in [0.4, 0.5) is 6.01 Å². The van der Waals surface area contributed by atoms with Crippen LogP contribution in [0.5, 0.6) is 5.75 Å². The van der Waals surface area contributed by atoms with Crippen molar-refractivity contribution in [3.63, 3.8) is 0 Å². The third-order valence-electron chi connectivity index (χ3n) is 2.31. The molecule has 8 nitrogen and oxygen atoms in total. The molecule has 0 saturated carbocycles. The summed E-state index contributed by atoms with van der Waals surface area (Å²) in [5.74, 6) is -1.47. The van der Waals surface area contributed by atoms with Crippen molar-refractivity contribution < 1.29 is 23.8 Å². The standard InChI is InChI=1S/C12H10ClN3O5/c1-6-15-16-12(21-6)14-10(17)5-20-9-4-7(13)2-3-8(9)11(18)19/h2-4H,5H2,1H3,(H,18,19)(H,14,16,17). The summed E-state index contributed by atoms with van der Waals surface area (Å²) in [6.45, 7) is 1.15. The molecule has 9 heteroatoms. The molecule has 2 rings (SSSR count). The van der Waals surface area contributed by atoms with Crippen molar-refractivity contribution in [3.05, 3.63) is 34.7 Å². The fraction of sp³-hybridized carbons (Fsp3) is 0.167. The lowest BCUT2D eigenvalue weighted by atomic mass is 10.2. The lowest BCUT2D eigenvalue weighted by molar-refractivity contribution is -0.118. The van der Waals surface area contributed by atoms with E-state index in [2.05, 4.69) is 15.5 Å². The van der Waals surface area contributed by atoms with Gasteiger partial charge in [-0.2, -0.15) is 0 Å². The number of rotatable bonds is 5. The number of nitrogens with one attached hydrogen (secondary N) is 1. The van der Waals surface area contributed by atoms with Crippen LogP contribution in [-0.4, -0.2) is 33.8 Å². The lowest BCUT2D eigenvalue weighted by Gasteiger charge is -2.08. The number of carboxylic acid groups (broad SMARTS) is 1. The van der Waals surface area contributed by atoms with Crippen LogP contribution >= 0.6 is 11.6 Å². The molecule has 0 aliphatic rings. The van der Waals surface area contributed by atoms with E-state index >= 15 is 0 Å². The van der Waals surface area contributed by atoms with Crippen molar-refractivity contribution in [3.8, 4) is 5.75 Å². The van der Waals surface area contributed by atoms with Crippen molar-refractivity contribution >= 4 is 29.5 Å². The molecule has 0 aliphatic heterocycles. The van der Waals surface area contributed by atoms with Crippen LogP contribution in [-0.2, 0) is 4.79 Å². The first kappa shape index (κ1) is 14.8. The first-order chi connectivity index (χ1) is 9.95. The molecule has 2 aromatic rings. The summed E-state index contributed by atoms with van der Waals surface area (Å²) in [4.78, 5) is 22.6. The summed E-state index contributed by atoms with van der Waals surface area (Å²) < 4.78 is 10.1. The number of carbonyl (C=O) groups excluding carboxylic acids is 1. The van der Waals surface area contributed by atoms with Gasteiger partial charge in [-0.1, -0.05) is 16.7 Å². The van der Waals surface area contributed by atoms with Crippen molar-refractivity contribution in [1.82, 2.24) is 10.2 Å². The van der Waals surface area contributed by atoms with Crippen LogP contribution in [0, 0.1) is 6.92 Å². The second kappa shape index (κ2) is 6.23. The molecule has 2 N–H and O–H groups in total. The maximum atomic E-state index is 11.6. The molecule has 0 bridgehead atoms. The maximum Gasteiger partial charge on any atom is 0.339 e. The van der Waals surface area contributed by atoms with E-state index in [1.807, 2.05) is 0 Å². The average Bonchev–Trinajstić information content (AvgIpc) is 2.81. The molecule has 0 aliphatic carbocycles. The lowest BCUT2D eigenvalue weighted by Crippen LogP contribution is -2.21. The number of ether oxygens (including phenoxy) is 1. The summed E-state index contributed by atoms with van der Waals surface area (Å²) in [6, 6.07) is 3.96. The van der Waals surface area contributed by atoms with Gasteiger partial charge in [0.2, 0.25) is 5.89 Å². The third kappa shape index (κ3) is 3.93. The topological polar surface area (TPSA) is 115 Å². The summed E-state index contributed by atoms with van der Waals surface area (Å²) in [5.41, 5.74) is -0.0964. The molecule has 0 atom stereocenters. The molecule has 110 valence electrons. The highest BCUT2D eigenvalue weighted by Gasteiger charge is 2.14. The van der Waals surface area contributed by atoms with Gasteiger partial charge in [-0.25, -0.2) is 4.79 Å². The second-order valence-corrected chi connectivity index (χ2v) is 4.35. The smallest absolute Gasteiger partial charge is 0.339 e. The van der Waals surface area contributed by atoms with E-state index in [4.69, 9.17) is 25.9 Å². The van der Waals surface area contributed by atoms with Gasteiger partial charge in [0.15, 0.2) is 6.61 Å². The van der Waals surface area contributed by atoms with Gasteiger partial charge < -0.3 is 14.3 Å². The van der Waals surface area contributed by atoms with Crippen molar-refractivity contribution in [2.45, 2.75) is 6.92 Å². The number of carbonyl (C=O) groups is 2. The molecule has 21 heavy (non-hydrogen) atoms. The number of anilines is 1. The molecule has 1 heterocycles. The van der Waals surface area contributed by atoms with Gasteiger partial charge in [0.25, 0.3) is 5.91 Å².